The van der Waals surface area contributed by atoms with Gasteiger partial charge in [0.15, 0.2) is 0 Å². The van der Waals surface area contributed by atoms with Gasteiger partial charge in [0.25, 0.3) is 0 Å². The average Bonchev–Trinajstić information content (AvgIpc) is 3.02. The summed E-state index contributed by atoms with van der Waals surface area (Å²) in [6.45, 7) is 10.6. The predicted octanol–water partition coefficient (Wildman–Crippen LogP) is 2.78. The van der Waals surface area contributed by atoms with Gasteiger partial charge in [-0.3, -0.25) is 0 Å². The Balaban J connectivity index is 1.33. The minimum Gasteiger partial charge on any atom is -0.378 e. The second-order valence-electron chi connectivity index (χ2n) is 6.93. The molecule has 0 amide bonds. The van der Waals surface area contributed by atoms with Crippen LogP contribution < -0.4 is 10.2 Å². The molecule has 1 saturated heterocycles. The molecule has 0 bridgehead atoms. The molecule has 1 fully saturated rings. The van der Waals surface area contributed by atoms with Crippen molar-refractivity contribution < 1.29 is 9.47 Å². The normalized spacial score (nSPS) is 18.9. The Morgan fingerprint density at radius 2 is 1.92 bits per heavy atom. The SMILES string of the molecule is CC(C)OCCOCCN1CCC(N2CNc3ccccc32)CC1. The van der Waals surface area contributed by atoms with Crippen molar-refractivity contribution in [1.82, 2.24) is 4.90 Å². The van der Waals surface area contributed by atoms with Crippen LogP contribution >= 0.6 is 0 Å². The lowest BCUT2D eigenvalue weighted by Crippen LogP contribution is -2.45. The first-order chi connectivity index (χ1) is 11.7. The third-order valence-electron chi connectivity index (χ3n) is 4.88. The molecular formula is C19H31N3O2. The summed E-state index contributed by atoms with van der Waals surface area (Å²) in [5, 5.41) is 3.50. The first-order valence-electron chi connectivity index (χ1n) is 9.25. The molecule has 134 valence electrons. The van der Waals surface area contributed by atoms with Crippen LogP contribution in [0, 0.1) is 0 Å². The topological polar surface area (TPSA) is 37.0 Å². The Bertz CT molecular complexity index is 501. The summed E-state index contributed by atoms with van der Waals surface area (Å²) >= 11 is 0. The first kappa shape index (κ1) is 17.5. The highest BCUT2D eigenvalue weighted by Crippen LogP contribution is 2.34. The van der Waals surface area contributed by atoms with Crippen molar-refractivity contribution >= 4 is 11.4 Å². The Kier molecular flexibility index (Phi) is 6.35. The summed E-state index contributed by atoms with van der Waals surface area (Å²) in [6.07, 6.45) is 2.75. The van der Waals surface area contributed by atoms with Gasteiger partial charge in [0.05, 0.1) is 44.0 Å². The summed E-state index contributed by atoms with van der Waals surface area (Å²) in [4.78, 5) is 5.06. The molecule has 2 aliphatic rings. The summed E-state index contributed by atoms with van der Waals surface area (Å²) in [6, 6.07) is 9.29. The van der Waals surface area contributed by atoms with Crippen molar-refractivity contribution in [3.05, 3.63) is 24.3 Å². The molecule has 5 heteroatoms. The van der Waals surface area contributed by atoms with Crippen molar-refractivity contribution in [3.8, 4) is 0 Å². The largest absolute Gasteiger partial charge is 0.378 e. The van der Waals surface area contributed by atoms with Crippen molar-refractivity contribution in [1.29, 1.82) is 0 Å². The van der Waals surface area contributed by atoms with Gasteiger partial charge in [-0.2, -0.15) is 0 Å². The minimum atomic E-state index is 0.290. The van der Waals surface area contributed by atoms with Gasteiger partial charge in [-0.25, -0.2) is 0 Å². The van der Waals surface area contributed by atoms with E-state index in [1.807, 2.05) is 0 Å². The van der Waals surface area contributed by atoms with Crippen LogP contribution in [0.5, 0.6) is 0 Å². The van der Waals surface area contributed by atoms with Crippen LogP contribution in [0.2, 0.25) is 0 Å². The van der Waals surface area contributed by atoms with Crippen LogP contribution in [0.1, 0.15) is 26.7 Å². The van der Waals surface area contributed by atoms with Crippen LogP contribution in [-0.2, 0) is 9.47 Å². The Morgan fingerprint density at radius 1 is 1.12 bits per heavy atom. The van der Waals surface area contributed by atoms with Gasteiger partial charge in [-0.15, -0.1) is 0 Å². The van der Waals surface area contributed by atoms with Crippen molar-refractivity contribution in [3.63, 3.8) is 0 Å². The summed E-state index contributed by atoms with van der Waals surface area (Å²) < 4.78 is 11.2. The number of piperidine rings is 1. The number of ether oxygens (including phenoxy) is 2. The lowest BCUT2D eigenvalue weighted by atomic mass is 10.0. The third kappa shape index (κ3) is 4.62. The van der Waals surface area contributed by atoms with Gasteiger partial charge in [0, 0.05) is 25.7 Å². The summed E-state index contributed by atoms with van der Waals surface area (Å²) in [7, 11) is 0. The third-order valence-corrected chi connectivity index (χ3v) is 4.88. The Hall–Kier alpha value is -1.30. The fourth-order valence-electron chi connectivity index (χ4n) is 3.55. The number of fused-ring (bicyclic) bond motifs is 1. The molecule has 0 aliphatic carbocycles. The summed E-state index contributed by atoms with van der Waals surface area (Å²) in [5.74, 6) is 0. The lowest BCUT2D eigenvalue weighted by molar-refractivity contribution is 0.0126. The number of anilines is 2. The average molecular weight is 333 g/mol. The number of nitrogens with zero attached hydrogens (tertiary/aromatic N) is 2. The van der Waals surface area contributed by atoms with Crippen LogP contribution in [0.25, 0.3) is 0 Å². The van der Waals surface area contributed by atoms with E-state index < -0.39 is 0 Å². The highest BCUT2D eigenvalue weighted by molar-refractivity contribution is 5.74. The zero-order valence-electron chi connectivity index (χ0n) is 15.0. The minimum absolute atomic E-state index is 0.290. The molecule has 0 spiro atoms. The monoisotopic (exact) mass is 333 g/mol. The molecule has 0 atom stereocenters. The van der Waals surface area contributed by atoms with Gasteiger partial charge in [-0.1, -0.05) is 12.1 Å². The predicted molar refractivity (Wildman–Crippen MR) is 98.8 cm³/mol. The van der Waals surface area contributed by atoms with Crippen LogP contribution in [0.15, 0.2) is 24.3 Å². The molecule has 3 rings (SSSR count). The second kappa shape index (κ2) is 8.70. The molecule has 0 radical (unpaired) electrons. The van der Waals surface area contributed by atoms with E-state index in [0.717, 1.165) is 32.9 Å². The van der Waals surface area contributed by atoms with E-state index in [4.69, 9.17) is 9.47 Å². The molecule has 5 nitrogen and oxygen atoms in total. The number of nitrogens with one attached hydrogen (secondary N) is 1. The van der Waals surface area contributed by atoms with Gasteiger partial charge < -0.3 is 24.6 Å². The fourth-order valence-corrected chi connectivity index (χ4v) is 3.55. The van der Waals surface area contributed by atoms with Crippen LogP contribution in [0.4, 0.5) is 11.4 Å². The van der Waals surface area contributed by atoms with Gasteiger partial charge >= 0.3 is 0 Å². The second-order valence-corrected chi connectivity index (χ2v) is 6.93. The van der Waals surface area contributed by atoms with Gasteiger partial charge in [-0.05, 0) is 38.8 Å². The maximum Gasteiger partial charge on any atom is 0.0880 e. The van der Waals surface area contributed by atoms with Crippen molar-refractivity contribution in [2.75, 3.05) is 56.3 Å². The zero-order valence-corrected chi connectivity index (χ0v) is 15.0. The molecule has 0 unspecified atom stereocenters. The number of hydrogen-bond donors (Lipinski definition) is 1. The van der Waals surface area contributed by atoms with Crippen molar-refractivity contribution in [2.24, 2.45) is 0 Å². The maximum absolute atomic E-state index is 5.67. The van der Waals surface area contributed by atoms with Crippen molar-refractivity contribution in [2.45, 2.75) is 38.8 Å². The Labute approximate surface area is 145 Å². The van der Waals surface area contributed by atoms with E-state index in [0.29, 0.717) is 19.3 Å². The molecule has 0 saturated carbocycles. The van der Waals surface area contributed by atoms with E-state index in [1.54, 1.807) is 0 Å². The molecule has 1 N–H and O–H groups in total. The molecule has 0 aromatic heterocycles. The molecule has 2 heterocycles. The maximum atomic E-state index is 5.67. The van der Waals surface area contributed by atoms with Crippen LogP contribution in [0.3, 0.4) is 0 Å². The van der Waals surface area contributed by atoms with E-state index in [2.05, 4.69) is 53.2 Å². The lowest BCUT2D eigenvalue weighted by Gasteiger charge is -2.37. The van der Waals surface area contributed by atoms with E-state index in [-0.39, 0.29) is 6.10 Å². The molecular weight excluding hydrogens is 302 g/mol. The zero-order chi connectivity index (χ0) is 16.8. The van der Waals surface area contributed by atoms with Gasteiger partial charge in [0.2, 0.25) is 0 Å². The number of rotatable bonds is 8. The first-order valence-corrected chi connectivity index (χ1v) is 9.25. The highest BCUT2D eigenvalue weighted by atomic mass is 16.5. The van der Waals surface area contributed by atoms with E-state index in [1.165, 1.54) is 24.2 Å². The molecule has 2 aliphatic heterocycles. The molecule has 24 heavy (non-hydrogen) atoms. The smallest absolute Gasteiger partial charge is 0.0880 e. The fraction of sp³-hybridized carbons (Fsp3) is 0.684. The van der Waals surface area contributed by atoms with Crippen LogP contribution in [-0.4, -0.2) is 63.2 Å². The standard InChI is InChI=1S/C19H31N3O2/c1-16(2)24-14-13-23-12-11-21-9-7-17(8-10-21)22-15-20-18-5-3-4-6-19(18)22/h3-6,16-17,20H,7-15H2,1-2H3. The number of hydrogen-bond acceptors (Lipinski definition) is 5. The quantitative estimate of drug-likeness (QED) is 0.741. The van der Waals surface area contributed by atoms with Gasteiger partial charge in [0.1, 0.15) is 0 Å². The number of benzene rings is 1. The molecule has 1 aromatic rings. The van der Waals surface area contributed by atoms with E-state index >= 15 is 0 Å². The summed E-state index contributed by atoms with van der Waals surface area (Å²) in [5.41, 5.74) is 2.64. The number of likely N-dealkylation sites (tertiary alicyclic amines) is 1. The highest BCUT2D eigenvalue weighted by Gasteiger charge is 2.28. The number of para-hydroxylation sites is 2. The van der Waals surface area contributed by atoms with E-state index in [9.17, 15) is 0 Å². The molecule has 1 aromatic carbocycles. The Morgan fingerprint density at radius 3 is 2.71 bits per heavy atom.